The summed E-state index contributed by atoms with van der Waals surface area (Å²) in [5.74, 6) is 1.84. The molecule has 7 nitrogen and oxygen atoms in total. The molecule has 0 radical (unpaired) electrons. The molecule has 3 heterocycles. The van der Waals surface area contributed by atoms with E-state index in [1.807, 2.05) is 18.2 Å². The smallest absolute Gasteiger partial charge is 0.229 e. The topological polar surface area (TPSA) is 82.8 Å². The highest BCUT2D eigenvalue weighted by atomic mass is 35.5. The minimum atomic E-state index is -1.25. The predicted octanol–water partition coefficient (Wildman–Crippen LogP) is 3.83. The Balaban J connectivity index is 1.46. The highest BCUT2D eigenvalue weighted by Crippen LogP contribution is 2.38. The highest BCUT2D eigenvalue weighted by molar-refractivity contribution is 7.84. The van der Waals surface area contributed by atoms with Crippen molar-refractivity contribution in [3.8, 4) is 0 Å². The molecule has 2 fully saturated rings. The van der Waals surface area contributed by atoms with E-state index >= 15 is 0 Å². The number of benzene rings is 1. The molecule has 1 saturated carbocycles. The van der Waals surface area contributed by atoms with Crippen LogP contribution >= 0.6 is 11.6 Å². The van der Waals surface area contributed by atoms with E-state index in [1.165, 1.54) is 5.56 Å². The maximum Gasteiger partial charge on any atom is 0.229 e. The Hall–Kier alpha value is -2.16. The fourth-order valence-corrected chi connectivity index (χ4v) is 5.80. The van der Waals surface area contributed by atoms with E-state index in [2.05, 4.69) is 27.4 Å². The molecule has 1 saturated heterocycles. The van der Waals surface area contributed by atoms with Gasteiger partial charge in [0.05, 0.1) is 34.7 Å². The molecule has 1 unspecified atom stereocenters. The van der Waals surface area contributed by atoms with Gasteiger partial charge in [-0.3, -0.25) is 4.21 Å². The second-order valence-electron chi connectivity index (χ2n) is 8.90. The zero-order chi connectivity index (χ0) is 22.3. The molecule has 1 aliphatic carbocycles. The average Bonchev–Trinajstić information content (AvgIpc) is 3.25. The summed E-state index contributed by atoms with van der Waals surface area (Å²) in [6.45, 7) is 1.75. The number of rotatable bonds is 6. The van der Waals surface area contributed by atoms with Crippen molar-refractivity contribution in [1.82, 2.24) is 14.6 Å². The number of aromatic nitrogens is 3. The molecule has 0 spiro atoms. The number of hydrogen-bond donors (Lipinski definition) is 2. The van der Waals surface area contributed by atoms with Crippen molar-refractivity contribution in [2.24, 2.45) is 0 Å². The highest BCUT2D eigenvalue weighted by Gasteiger charge is 2.38. The summed E-state index contributed by atoms with van der Waals surface area (Å²) in [6, 6.07) is 10.0. The molecule has 1 aromatic carbocycles. The molecular formula is C23H28ClN5O2S. The predicted molar refractivity (Wildman–Crippen MR) is 128 cm³/mol. The Morgan fingerprint density at radius 2 is 1.94 bits per heavy atom. The second kappa shape index (κ2) is 8.65. The SMILES string of the molecule is CS(=O)c1c(NC2(CO)CCC2)nc(N2CCC(c3ccc(Cl)cc3)CC2)n2nccc12. The molecule has 2 N–H and O–H groups in total. The first-order valence-corrected chi connectivity index (χ1v) is 13.0. The van der Waals surface area contributed by atoms with Crippen molar-refractivity contribution >= 4 is 39.7 Å². The largest absolute Gasteiger partial charge is 0.394 e. The fraction of sp³-hybridized carbons (Fsp3) is 0.478. The summed E-state index contributed by atoms with van der Waals surface area (Å²) < 4.78 is 14.5. The summed E-state index contributed by atoms with van der Waals surface area (Å²) in [5.41, 5.74) is 1.74. The standard InChI is InChI=1S/C23H28ClN5O2S/c1-32(31)20-19-7-12-25-29(19)22(26-21(20)27-23(15-30)10-2-11-23)28-13-8-17(9-14-28)16-3-5-18(24)6-4-16/h3-7,12,17,27,30H,2,8-11,13-15H2,1H3. The molecule has 1 aliphatic heterocycles. The van der Waals surface area contributed by atoms with E-state index in [0.29, 0.717) is 16.6 Å². The Morgan fingerprint density at radius 3 is 2.53 bits per heavy atom. The lowest BCUT2D eigenvalue weighted by atomic mass is 9.77. The van der Waals surface area contributed by atoms with Crippen LogP contribution in [-0.2, 0) is 10.8 Å². The normalized spacial score (nSPS) is 19.7. The molecule has 3 aromatic rings. The van der Waals surface area contributed by atoms with Gasteiger partial charge in [0.2, 0.25) is 5.95 Å². The quantitative estimate of drug-likeness (QED) is 0.566. The summed E-state index contributed by atoms with van der Waals surface area (Å²) in [4.78, 5) is 7.83. The van der Waals surface area contributed by atoms with Gasteiger partial charge in [-0.25, -0.2) is 0 Å². The molecule has 0 amide bonds. The molecule has 2 aliphatic rings. The van der Waals surface area contributed by atoms with Gasteiger partial charge in [0.25, 0.3) is 0 Å². The van der Waals surface area contributed by atoms with E-state index in [1.54, 1.807) is 17.0 Å². The van der Waals surface area contributed by atoms with Gasteiger partial charge in [0.1, 0.15) is 10.7 Å². The molecule has 5 rings (SSSR count). The maximum absolute atomic E-state index is 12.7. The van der Waals surface area contributed by atoms with E-state index in [9.17, 15) is 9.32 Å². The number of aliphatic hydroxyl groups is 1. The number of hydrogen-bond acceptors (Lipinski definition) is 6. The molecular weight excluding hydrogens is 446 g/mol. The molecule has 32 heavy (non-hydrogen) atoms. The Morgan fingerprint density at radius 1 is 1.22 bits per heavy atom. The third kappa shape index (κ3) is 3.89. The summed E-state index contributed by atoms with van der Waals surface area (Å²) in [6.07, 6.45) is 8.25. The summed E-state index contributed by atoms with van der Waals surface area (Å²) in [7, 11) is -1.25. The lowest BCUT2D eigenvalue weighted by molar-refractivity contribution is 0.143. The molecule has 0 bridgehead atoms. The summed E-state index contributed by atoms with van der Waals surface area (Å²) in [5, 5.41) is 18.7. The van der Waals surface area contributed by atoms with Gasteiger partial charge in [0, 0.05) is 24.4 Å². The number of fused-ring (bicyclic) bond motifs is 1. The second-order valence-corrected chi connectivity index (χ2v) is 10.7. The average molecular weight is 474 g/mol. The lowest BCUT2D eigenvalue weighted by Crippen LogP contribution is -2.49. The van der Waals surface area contributed by atoms with Crippen molar-refractivity contribution in [3.63, 3.8) is 0 Å². The van der Waals surface area contributed by atoms with Crippen molar-refractivity contribution in [3.05, 3.63) is 47.1 Å². The zero-order valence-electron chi connectivity index (χ0n) is 18.1. The van der Waals surface area contributed by atoms with Gasteiger partial charge < -0.3 is 15.3 Å². The van der Waals surface area contributed by atoms with Gasteiger partial charge in [-0.2, -0.15) is 14.6 Å². The van der Waals surface area contributed by atoms with Gasteiger partial charge >= 0.3 is 0 Å². The van der Waals surface area contributed by atoms with Crippen LogP contribution in [0.5, 0.6) is 0 Å². The first kappa shape index (κ1) is 21.7. The number of piperidine rings is 1. The van der Waals surface area contributed by atoms with Crippen molar-refractivity contribution in [2.45, 2.75) is 48.5 Å². The minimum absolute atomic E-state index is 0.0384. The maximum atomic E-state index is 12.7. The van der Waals surface area contributed by atoms with E-state index in [4.69, 9.17) is 16.6 Å². The Kier molecular flexibility index (Phi) is 5.86. The van der Waals surface area contributed by atoms with Gasteiger partial charge in [-0.1, -0.05) is 23.7 Å². The minimum Gasteiger partial charge on any atom is -0.394 e. The first-order valence-electron chi connectivity index (χ1n) is 11.1. The number of halogens is 1. The third-order valence-corrected chi connectivity index (χ3v) is 8.12. The van der Waals surface area contributed by atoms with Crippen LogP contribution in [0.25, 0.3) is 5.52 Å². The van der Waals surface area contributed by atoms with E-state index < -0.39 is 10.8 Å². The Bertz CT molecular complexity index is 1130. The van der Waals surface area contributed by atoms with Crippen molar-refractivity contribution < 1.29 is 9.32 Å². The monoisotopic (exact) mass is 473 g/mol. The van der Waals surface area contributed by atoms with Gasteiger partial charge in [-0.05, 0) is 61.8 Å². The van der Waals surface area contributed by atoms with Gasteiger partial charge in [-0.15, -0.1) is 0 Å². The molecule has 2 aromatic heterocycles. The van der Waals surface area contributed by atoms with Crippen LogP contribution in [0.3, 0.4) is 0 Å². The van der Waals surface area contributed by atoms with Crippen LogP contribution in [0.15, 0.2) is 41.4 Å². The summed E-state index contributed by atoms with van der Waals surface area (Å²) >= 11 is 6.05. The lowest BCUT2D eigenvalue weighted by Gasteiger charge is -2.42. The zero-order valence-corrected chi connectivity index (χ0v) is 19.7. The van der Waals surface area contributed by atoms with Crippen molar-refractivity contribution in [2.75, 3.05) is 36.2 Å². The van der Waals surface area contributed by atoms with Crippen LogP contribution in [0, 0.1) is 0 Å². The van der Waals surface area contributed by atoms with Crippen LogP contribution in [0.1, 0.15) is 43.6 Å². The Labute approximate surface area is 195 Å². The van der Waals surface area contributed by atoms with Gasteiger partial charge in [0.15, 0.2) is 0 Å². The van der Waals surface area contributed by atoms with E-state index in [0.717, 1.165) is 61.7 Å². The third-order valence-electron chi connectivity index (χ3n) is 6.90. The van der Waals surface area contributed by atoms with Crippen molar-refractivity contribution in [1.29, 1.82) is 0 Å². The first-order chi connectivity index (χ1) is 15.5. The van der Waals surface area contributed by atoms with Crippen LogP contribution < -0.4 is 10.2 Å². The number of nitrogens with one attached hydrogen (secondary N) is 1. The number of anilines is 2. The van der Waals surface area contributed by atoms with Crippen LogP contribution in [0.4, 0.5) is 11.8 Å². The molecule has 1 atom stereocenters. The van der Waals surface area contributed by atoms with Crippen LogP contribution in [0.2, 0.25) is 5.02 Å². The molecule has 9 heteroatoms. The number of aliphatic hydroxyl groups excluding tert-OH is 1. The van der Waals surface area contributed by atoms with Crippen LogP contribution in [-0.4, -0.2) is 55.4 Å². The fourth-order valence-electron chi connectivity index (χ4n) is 4.85. The molecule has 170 valence electrons. The number of nitrogens with zero attached hydrogens (tertiary/aromatic N) is 4. The van der Waals surface area contributed by atoms with E-state index in [-0.39, 0.29) is 12.1 Å².